The number of aliphatic imine (C=N–C) groups is 1. The molecule has 0 aromatic carbocycles. The topological polar surface area (TPSA) is 67.8 Å². The highest BCUT2D eigenvalue weighted by molar-refractivity contribution is 14.0. The molecule has 0 saturated heterocycles. The van der Waals surface area contributed by atoms with Gasteiger partial charge < -0.3 is 20.1 Å². The Labute approximate surface area is 174 Å². The van der Waals surface area contributed by atoms with Gasteiger partial charge in [0.1, 0.15) is 12.2 Å². The lowest BCUT2D eigenvalue weighted by molar-refractivity contribution is -0.139. The maximum atomic E-state index is 12.8. The van der Waals surface area contributed by atoms with E-state index in [-0.39, 0.29) is 30.6 Å². The van der Waals surface area contributed by atoms with Gasteiger partial charge in [-0.1, -0.05) is 0 Å². The Bertz CT molecular complexity index is 584. The monoisotopic (exact) mass is 502 g/mol. The van der Waals surface area contributed by atoms with Crippen molar-refractivity contribution in [1.82, 2.24) is 15.6 Å². The van der Waals surface area contributed by atoms with Gasteiger partial charge in [0, 0.05) is 33.0 Å². The van der Waals surface area contributed by atoms with Crippen LogP contribution in [0.5, 0.6) is 5.88 Å². The molecule has 6 nitrogen and oxygen atoms in total. The summed E-state index contributed by atoms with van der Waals surface area (Å²) in [5.74, 6) is 0.903. The molecule has 0 spiro atoms. The average molecular weight is 502 g/mol. The molecule has 1 saturated carbocycles. The van der Waals surface area contributed by atoms with Gasteiger partial charge in [-0.25, -0.2) is 4.98 Å². The summed E-state index contributed by atoms with van der Waals surface area (Å²) in [5, 5.41) is 6.10. The minimum absolute atomic E-state index is 0. The molecular formula is C17H26F3IN4O2. The first kappa shape index (κ1) is 23.7. The van der Waals surface area contributed by atoms with Crippen LogP contribution in [-0.4, -0.2) is 50.9 Å². The molecule has 1 aromatic heterocycles. The average Bonchev–Trinajstić information content (AvgIpc) is 3.43. The van der Waals surface area contributed by atoms with E-state index in [4.69, 9.17) is 9.47 Å². The third kappa shape index (κ3) is 9.45. The molecule has 10 heteroatoms. The van der Waals surface area contributed by atoms with E-state index in [1.165, 1.54) is 25.1 Å². The molecule has 0 radical (unpaired) electrons. The van der Waals surface area contributed by atoms with Crippen molar-refractivity contribution in [3.05, 3.63) is 23.9 Å². The minimum Gasteiger partial charge on any atom is -0.475 e. The Morgan fingerprint density at radius 1 is 1.26 bits per heavy atom. The number of nitrogens with zero attached hydrogens (tertiary/aromatic N) is 2. The molecule has 0 bridgehead atoms. The number of guanidine groups is 1. The summed E-state index contributed by atoms with van der Waals surface area (Å²) in [5.41, 5.74) is -0.881. The van der Waals surface area contributed by atoms with E-state index in [9.17, 15) is 13.2 Å². The number of alkyl halides is 3. The summed E-state index contributed by atoms with van der Waals surface area (Å²) < 4.78 is 49.2. The number of halogens is 4. The van der Waals surface area contributed by atoms with E-state index in [2.05, 4.69) is 20.6 Å². The van der Waals surface area contributed by atoms with Crippen LogP contribution < -0.4 is 15.4 Å². The molecule has 0 atom stereocenters. The Morgan fingerprint density at radius 2 is 2.00 bits per heavy atom. The van der Waals surface area contributed by atoms with Crippen molar-refractivity contribution < 1.29 is 22.6 Å². The van der Waals surface area contributed by atoms with Gasteiger partial charge in [0.15, 0.2) is 5.96 Å². The van der Waals surface area contributed by atoms with E-state index < -0.39 is 17.6 Å². The molecule has 1 aliphatic carbocycles. The van der Waals surface area contributed by atoms with E-state index in [0.717, 1.165) is 25.0 Å². The quantitative estimate of drug-likeness (QED) is 0.223. The number of aromatic nitrogens is 1. The maximum Gasteiger partial charge on any atom is 0.421 e. The third-order valence-corrected chi connectivity index (χ3v) is 3.74. The van der Waals surface area contributed by atoms with Crippen LogP contribution in [0.1, 0.15) is 24.8 Å². The van der Waals surface area contributed by atoms with Crippen molar-refractivity contribution in [2.24, 2.45) is 10.9 Å². The lowest BCUT2D eigenvalue weighted by atomic mass is 10.2. The van der Waals surface area contributed by atoms with E-state index in [0.29, 0.717) is 25.7 Å². The molecule has 1 heterocycles. The highest BCUT2D eigenvalue weighted by Crippen LogP contribution is 2.34. The molecule has 2 N–H and O–H groups in total. The van der Waals surface area contributed by atoms with Gasteiger partial charge in [-0.2, -0.15) is 13.2 Å². The van der Waals surface area contributed by atoms with Crippen molar-refractivity contribution in [2.45, 2.75) is 25.4 Å². The Hall–Kier alpha value is -1.30. The first-order chi connectivity index (χ1) is 12.5. The van der Waals surface area contributed by atoms with Crippen LogP contribution in [0.25, 0.3) is 0 Å². The predicted molar refractivity (Wildman–Crippen MR) is 108 cm³/mol. The van der Waals surface area contributed by atoms with Gasteiger partial charge >= 0.3 is 6.18 Å². The largest absolute Gasteiger partial charge is 0.475 e. The van der Waals surface area contributed by atoms with Crippen molar-refractivity contribution in [3.8, 4) is 5.88 Å². The molecule has 0 unspecified atom stereocenters. The fourth-order valence-electron chi connectivity index (χ4n) is 2.17. The second-order valence-corrected chi connectivity index (χ2v) is 6.00. The normalized spacial score (nSPS) is 14.4. The summed E-state index contributed by atoms with van der Waals surface area (Å²) in [4.78, 5) is 7.69. The Balaban J connectivity index is 0.00000364. The van der Waals surface area contributed by atoms with Crippen LogP contribution in [0.15, 0.2) is 23.3 Å². The number of rotatable bonds is 10. The van der Waals surface area contributed by atoms with E-state index in [1.807, 2.05) is 0 Å². The van der Waals surface area contributed by atoms with Crippen molar-refractivity contribution in [2.75, 3.05) is 40.0 Å². The second kappa shape index (κ2) is 12.2. The molecule has 27 heavy (non-hydrogen) atoms. The number of hydrogen-bond acceptors (Lipinski definition) is 4. The van der Waals surface area contributed by atoms with Crippen molar-refractivity contribution in [1.29, 1.82) is 0 Å². The van der Waals surface area contributed by atoms with Crippen LogP contribution >= 0.6 is 24.0 Å². The molecule has 1 aliphatic rings. The lowest BCUT2D eigenvalue weighted by Gasteiger charge is -2.14. The summed E-state index contributed by atoms with van der Waals surface area (Å²) in [6, 6.07) is 2.18. The molecule has 1 aromatic rings. The van der Waals surface area contributed by atoms with Crippen LogP contribution in [0.3, 0.4) is 0 Å². The standard InChI is InChI=1S/C17H25F3N4O2.HI/c1-21-16(23-8-3-10-25-12-13-5-6-13)24-9-11-26-15-14(17(18,19)20)4-2-7-22-15;/h2,4,7,13H,3,5-6,8-12H2,1H3,(H2,21,23,24);1H. The SMILES string of the molecule is CN=C(NCCCOCC1CC1)NCCOc1ncccc1C(F)(F)F.I. The fraction of sp³-hybridized carbons (Fsp3) is 0.647. The van der Waals surface area contributed by atoms with E-state index in [1.54, 1.807) is 7.05 Å². The van der Waals surface area contributed by atoms with Crippen LogP contribution in [0.2, 0.25) is 0 Å². The maximum absolute atomic E-state index is 12.8. The summed E-state index contributed by atoms with van der Waals surface area (Å²) in [6.07, 6.45) is 0.187. The zero-order chi connectivity index (χ0) is 18.8. The molecule has 1 fully saturated rings. The number of ether oxygens (including phenoxy) is 2. The number of nitrogens with one attached hydrogen (secondary N) is 2. The molecule has 2 rings (SSSR count). The summed E-state index contributed by atoms with van der Waals surface area (Å²) >= 11 is 0. The first-order valence-electron chi connectivity index (χ1n) is 8.68. The van der Waals surface area contributed by atoms with Gasteiger partial charge in [-0.3, -0.25) is 4.99 Å². The molecular weight excluding hydrogens is 476 g/mol. The van der Waals surface area contributed by atoms with Gasteiger partial charge in [0.05, 0.1) is 6.54 Å². The Morgan fingerprint density at radius 3 is 2.67 bits per heavy atom. The number of hydrogen-bond donors (Lipinski definition) is 2. The smallest absolute Gasteiger partial charge is 0.421 e. The summed E-state index contributed by atoms with van der Waals surface area (Å²) in [6.45, 7) is 2.57. The van der Waals surface area contributed by atoms with Crippen molar-refractivity contribution >= 4 is 29.9 Å². The van der Waals surface area contributed by atoms with Gasteiger partial charge in [0.25, 0.3) is 0 Å². The highest BCUT2D eigenvalue weighted by atomic mass is 127. The summed E-state index contributed by atoms with van der Waals surface area (Å²) in [7, 11) is 1.63. The zero-order valence-electron chi connectivity index (χ0n) is 15.2. The Kier molecular flexibility index (Phi) is 10.7. The zero-order valence-corrected chi connectivity index (χ0v) is 17.5. The van der Waals surface area contributed by atoms with Crippen LogP contribution in [0, 0.1) is 5.92 Å². The first-order valence-corrected chi connectivity index (χ1v) is 8.68. The van der Waals surface area contributed by atoms with Crippen LogP contribution in [-0.2, 0) is 10.9 Å². The van der Waals surface area contributed by atoms with E-state index >= 15 is 0 Å². The van der Waals surface area contributed by atoms with Gasteiger partial charge in [0.2, 0.25) is 5.88 Å². The third-order valence-electron chi connectivity index (χ3n) is 3.74. The molecule has 154 valence electrons. The lowest BCUT2D eigenvalue weighted by Crippen LogP contribution is -2.40. The van der Waals surface area contributed by atoms with Crippen molar-refractivity contribution in [3.63, 3.8) is 0 Å². The van der Waals surface area contributed by atoms with Gasteiger partial charge in [-0.15, -0.1) is 24.0 Å². The number of pyridine rings is 1. The highest BCUT2D eigenvalue weighted by Gasteiger charge is 2.34. The van der Waals surface area contributed by atoms with Crippen LogP contribution in [0.4, 0.5) is 13.2 Å². The minimum atomic E-state index is -4.49. The molecule has 0 aliphatic heterocycles. The molecule has 0 amide bonds. The predicted octanol–water partition coefficient (Wildman–Crippen LogP) is 3.08. The fourth-order valence-corrected chi connectivity index (χ4v) is 2.17. The van der Waals surface area contributed by atoms with Gasteiger partial charge in [-0.05, 0) is 37.3 Å². The second-order valence-electron chi connectivity index (χ2n) is 6.00.